The van der Waals surface area contributed by atoms with E-state index in [4.69, 9.17) is 13.6 Å². The summed E-state index contributed by atoms with van der Waals surface area (Å²) in [4.78, 5) is 21.8. The maximum atomic E-state index is 11.5. The molecule has 0 fully saturated rings. The summed E-state index contributed by atoms with van der Waals surface area (Å²) in [6.45, 7) is 2.23. The average molecular weight is 425 g/mol. The molecule has 4 aromatic rings. The predicted octanol–water partition coefficient (Wildman–Crippen LogP) is 4.23. The van der Waals surface area contributed by atoms with Crippen LogP contribution in [0, 0.1) is 17.0 Å². The van der Waals surface area contributed by atoms with Gasteiger partial charge >= 0.3 is 5.63 Å². The Morgan fingerprint density at radius 2 is 1.90 bits per heavy atom. The lowest BCUT2D eigenvalue weighted by atomic mass is 10.1. The molecule has 0 saturated heterocycles. The van der Waals surface area contributed by atoms with Gasteiger partial charge in [-0.15, -0.1) is 10.2 Å². The number of benzene rings is 2. The molecule has 9 nitrogen and oxygen atoms in total. The summed E-state index contributed by atoms with van der Waals surface area (Å²) in [5, 5.41) is 19.9. The third kappa shape index (κ3) is 4.33. The molecule has 0 aliphatic heterocycles. The molecule has 0 aliphatic carbocycles. The maximum Gasteiger partial charge on any atom is 0.336 e. The summed E-state index contributed by atoms with van der Waals surface area (Å²) in [6, 6.07) is 12.7. The van der Waals surface area contributed by atoms with Gasteiger partial charge in [-0.3, -0.25) is 10.1 Å². The second-order valence-corrected chi connectivity index (χ2v) is 7.33. The van der Waals surface area contributed by atoms with Crippen LogP contribution >= 0.6 is 11.8 Å². The van der Waals surface area contributed by atoms with E-state index in [-0.39, 0.29) is 11.6 Å². The van der Waals surface area contributed by atoms with E-state index in [2.05, 4.69) is 10.2 Å². The number of non-ortho nitro benzene ring substituents is 1. The van der Waals surface area contributed by atoms with E-state index in [0.717, 1.165) is 10.9 Å². The Morgan fingerprint density at radius 3 is 2.67 bits per heavy atom. The Kier molecular flexibility index (Phi) is 5.48. The predicted molar refractivity (Wildman–Crippen MR) is 110 cm³/mol. The van der Waals surface area contributed by atoms with Crippen LogP contribution < -0.4 is 10.4 Å². The molecule has 152 valence electrons. The maximum absolute atomic E-state index is 11.5. The number of hydrogen-bond acceptors (Lipinski definition) is 9. The van der Waals surface area contributed by atoms with Crippen LogP contribution in [0.4, 0.5) is 5.69 Å². The Hall–Kier alpha value is -3.66. The van der Waals surface area contributed by atoms with E-state index >= 15 is 0 Å². The smallest absolute Gasteiger partial charge is 0.336 e. The fourth-order valence-corrected chi connectivity index (χ4v) is 3.37. The van der Waals surface area contributed by atoms with Crippen molar-refractivity contribution in [1.29, 1.82) is 0 Å². The number of aromatic nitrogens is 2. The molecule has 30 heavy (non-hydrogen) atoms. The number of aryl methyl sites for hydroxylation is 1. The van der Waals surface area contributed by atoms with E-state index < -0.39 is 10.5 Å². The molecule has 0 N–H and O–H groups in total. The zero-order valence-electron chi connectivity index (χ0n) is 15.7. The largest absolute Gasteiger partial charge is 0.493 e. The molecular weight excluding hydrogens is 410 g/mol. The second kappa shape index (κ2) is 8.37. The van der Waals surface area contributed by atoms with Crippen LogP contribution in [0.25, 0.3) is 22.4 Å². The second-order valence-electron chi connectivity index (χ2n) is 6.28. The van der Waals surface area contributed by atoms with Gasteiger partial charge in [0.05, 0.1) is 11.5 Å². The number of ether oxygens (including phenoxy) is 1. The van der Waals surface area contributed by atoms with Crippen molar-refractivity contribution in [2.24, 2.45) is 0 Å². The van der Waals surface area contributed by atoms with Crippen molar-refractivity contribution in [1.82, 2.24) is 10.2 Å². The summed E-state index contributed by atoms with van der Waals surface area (Å²) in [5.41, 5.74) is 1.53. The van der Waals surface area contributed by atoms with Gasteiger partial charge in [-0.1, -0.05) is 11.8 Å². The van der Waals surface area contributed by atoms with Crippen molar-refractivity contribution in [3.63, 3.8) is 0 Å². The van der Waals surface area contributed by atoms with Gasteiger partial charge in [-0.25, -0.2) is 4.79 Å². The number of rotatable bonds is 7. The Labute approximate surface area is 173 Å². The lowest BCUT2D eigenvalue weighted by Gasteiger charge is -2.06. The Balaban J connectivity index is 1.33. The van der Waals surface area contributed by atoms with Gasteiger partial charge in [0, 0.05) is 41.0 Å². The lowest BCUT2D eigenvalue weighted by Crippen LogP contribution is -2.01. The minimum absolute atomic E-state index is 0.00635. The molecule has 4 rings (SSSR count). The van der Waals surface area contributed by atoms with E-state index in [9.17, 15) is 14.9 Å². The Bertz CT molecular complexity index is 1270. The van der Waals surface area contributed by atoms with E-state index in [1.807, 2.05) is 19.1 Å². The SMILES string of the molecule is Cc1cc(=O)oc2cc(OCCSc3nnc(-c4ccc([N+](=O)[O-])cc4)o3)ccc12. The molecule has 0 aliphatic rings. The van der Waals surface area contributed by atoms with Crippen LogP contribution in [-0.4, -0.2) is 27.5 Å². The van der Waals surface area contributed by atoms with Crippen molar-refractivity contribution in [3.05, 3.63) is 74.6 Å². The fraction of sp³-hybridized carbons (Fsp3) is 0.150. The highest BCUT2D eigenvalue weighted by atomic mass is 32.2. The highest BCUT2D eigenvalue weighted by Crippen LogP contribution is 2.26. The summed E-state index contributed by atoms with van der Waals surface area (Å²) >= 11 is 1.32. The summed E-state index contributed by atoms with van der Waals surface area (Å²) in [5.74, 6) is 1.43. The normalized spacial score (nSPS) is 11.0. The highest BCUT2D eigenvalue weighted by molar-refractivity contribution is 7.99. The molecule has 0 bridgehead atoms. The van der Waals surface area contributed by atoms with Crippen LogP contribution in [0.15, 0.2) is 67.4 Å². The first-order valence-electron chi connectivity index (χ1n) is 8.88. The van der Waals surface area contributed by atoms with Gasteiger partial charge in [-0.2, -0.15) is 0 Å². The van der Waals surface area contributed by atoms with E-state index in [1.54, 1.807) is 18.2 Å². The van der Waals surface area contributed by atoms with Crippen molar-refractivity contribution in [2.75, 3.05) is 12.4 Å². The number of thioether (sulfide) groups is 1. The van der Waals surface area contributed by atoms with E-state index in [1.165, 1.54) is 30.0 Å². The lowest BCUT2D eigenvalue weighted by molar-refractivity contribution is -0.384. The number of nitro benzene ring substituents is 1. The molecule has 0 radical (unpaired) electrons. The average Bonchev–Trinajstić information content (AvgIpc) is 3.20. The van der Waals surface area contributed by atoms with Crippen molar-refractivity contribution in [3.8, 4) is 17.2 Å². The van der Waals surface area contributed by atoms with Crippen molar-refractivity contribution < 1.29 is 18.5 Å². The van der Waals surface area contributed by atoms with Gasteiger partial charge in [0.25, 0.3) is 10.9 Å². The molecule has 2 aromatic heterocycles. The van der Waals surface area contributed by atoms with Gasteiger partial charge < -0.3 is 13.6 Å². The third-order valence-electron chi connectivity index (χ3n) is 4.23. The monoisotopic (exact) mass is 425 g/mol. The standard InChI is InChI=1S/C20H15N3O6S/c1-12-10-18(24)28-17-11-15(6-7-16(12)17)27-8-9-30-20-22-21-19(29-20)13-2-4-14(5-3-13)23(25)26/h2-7,10-11H,8-9H2,1H3. The van der Waals surface area contributed by atoms with Gasteiger partial charge in [0.15, 0.2) is 0 Å². The molecule has 2 heterocycles. The zero-order chi connectivity index (χ0) is 21.1. The third-order valence-corrected chi connectivity index (χ3v) is 5.01. The molecular formula is C20H15N3O6S. The van der Waals surface area contributed by atoms with E-state index in [0.29, 0.717) is 34.5 Å². The molecule has 10 heteroatoms. The van der Waals surface area contributed by atoms with Gasteiger partial charge in [0.1, 0.15) is 11.3 Å². The van der Waals surface area contributed by atoms with Crippen molar-refractivity contribution >= 4 is 28.4 Å². The number of fused-ring (bicyclic) bond motifs is 1. The van der Waals surface area contributed by atoms with Crippen molar-refractivity contribution in [2.45, 2.75) is 12.1 Å². The van der Waals surface area contributed by atoms with Crippen LogP contribution in [0.3, 0.4) is 0 Å². The number of nitro groups is 1. The minimum Gasteiger partial charge on any atom is -0.493 e. The van der Waals surface area contributed by atoms with Crippen LogP contribution in [0.1, 0.15) is 5.56 Å². The fourth-order valence-electron chi connectivity index (χ4n) is 2.79. The van der Waals surface area contributed by atoms with Gasteiger partial charge in [-0.05, 0) is 36.8 Å². The topological polar surface area (TPSA) is 122 Å². The molecule has 0 spiro atoms. The van der Waals surface area contributed by atoms with Crippen LogP contribution in [0.5, 0.6) is 5.75 Å². The molecule has 0 atom stereocenters. The molecule has 0 unspecified atom stereocenters. The van der Waals surface area contributed by atoms with Crippen LogP contribution in [0.2, 0.25) is 0 Å². The molecule has 0 amide bonds. The molecule has 0 saturated carbocycles. The quantitative estimate of drug-likeness (QED) is 0.141. The first-order valence-corrected chi connectivity index (χ1v) is 9.86. The number of hydrogen-bond donors (Lipinski definition) is 0. The van der Waals surface area contributed by atoms with Gasteiger partial charge in [0.2, 0.25) is 5.89 Å². The summed E-state index contributed by atoms with van der Waals surface area (Å²) in [6.07, 6.45) is 0. The molecule has 2 aromatic carbocycles. The minimum atomic E-state index is -0.469. The highest BCUT2D eigenvalue weighted by Gasteiger charge is 2.11. The first kappa shape index (κ1) is 19.6. The summed E-state index contributed by atoms with van der Waals surface area (Å²) in [7, 11) is 0. The Morgan fingerprint density at radius 1 is 1.10 bits per heavy atom. The number of nitrogens with zero attached hydrogens (tertiary/aromatic N) is 3. The van der Waals surface area contributed by atoms with Crippen LogP contribution in [-0.2, 0) is 0 Å². The summed E-state index contributed by atoms with van der Waals surface area (Å²) < 4.78 is 16.5. The first-order chi connectivity index (χ1) is 14.5. The zero-order valence-corrected chi connectivity index (χ0v) is 16.5.